The third kappa shape index (κ3) is 3.19. The van der Waals surface area contributed by atoms with Gasteiger partial charge in [0.1, 0.15) is 0 Å². The molecule has 1 aromatic carbocycles. The number of rotatable bonds is 4. The standard InChI is InChI=1S/C15H22N2O2/c1-2-10-5-3-4-6-14(10)17-11-7-8-12(15(18)19)13(16)9-11/h7-10,14,17H,2-6,16H2,1H3,(H,18,19). The van der Waals surface area contributed by atoms with Crippen LogP contribution in [-0.4, -0.2) is 17.1 Å². The van der Waals surface area contributed by atoms with Crippen LogP contribution < -0.4 is 11.1 Å². The van der Waals surface area contributed by atoms with Gasteiger partial charge in [0.05, 0.1) is 5.56 Å². The summed E-state index contributed by atoms with van der Waals surface area (Å²) in [6.07, 6.45) is 6.21. The van der Waals surface area contributed by atoms with Gasteiger partial charge in [0.25, 0.3) is 0 Å². The number of carboxylic acid groups (broad SMARTS) is 1. The lowest BCUT2D eigenvalue weighted by molar-refractivity contribution is 0.0698. The Morgan fingerprint density at radius 3 is 2.79 bits per heavy atom. The molecule has 1 saturated carbocycles. The second-order valence-electron chi connectivity index (χ2n) is 5.31. The summed E-state index contributed by atoms with van der Waals surface area (Å²) in [7, 11) is 0. The molecule has 0 heterocycles. The number of carbonyl (C=O) groups is 1. The Kier molecular flexibility index (Phi) is 4.30. The van der Waals surface area contributed by atoms with E-state index in [1.807, 2.05) is 0 Å². The first kappa shape index (κ1) is 13.7. The minimum Gasteiger partial charge on any atom is -0.478 e. The molecule has 104 valence electrons. The van der Waals surface area contributed by atoms with Gasteiger partial charge < -0.3 is 16.2 Å². The zero-order valence-electron chi connectivity index (χ0n) is 11.4. The van der Waals surface area contributed by atoms with Crippen LogP contribution in [-0.2, 0) is 0 Å². The Hall–Kier alpha value is -1.71. The van der Waals surface area contributed by atoms with Gasteiger partial charge in [-0.25, -0.2) is 4.79 Å². The van der Waals surface area contributed by atoms with E-state index in [1.54, 1.807) is 18.2 Å². The first-order chi connectivity index (χ1) is 9.11. The van der Waals surface area contributed by atoms with Gasteiger partial charge in [-0.2, -0.15) is 0 Å². The van der Waals surface area contributed by atoms with Gasteiger partial charge >= 0.3 is 5.97 Å². The SMILES string of the molecule is CCC1CCCCC1Nc1ccc(C(=O)O)c(N)c1. The minimum atomic E-state index is -0.979. The first-order valence-corrected chi connectivity index (χ1v) is 7.01. The Balaban J connectivity index is 2.10. The Labute approximate surface area is 114 Å². The van der Waals surface area contributed by atoms with E-state index in [4.69, 9.17) is 10.8 Å². The number of nitrogens with one attached hydrogen (secondary N) is 1. The smallest absolute Gasteiger partial charge is 0.337 e. The van der Waals surface area contributed by atoms with Crippen molar-refractivity contribution < 1.29 is 9.90 Å². The lowest BCUT2D eigenvalue weighted by Crippen LogP contribution is -2.31. The zero-order valence-corrected chi connectivity index (χ0v) is 11.4. The molecule has 2 unspecified atom stereocenters. The molecule has 1 aliphatic rings. The van der Waals surface area contributed by atoms with Crippen LogP contribution in [0.5, 0.6) is 0 Å². The number of nitrogen functional groups attached to an aromatic ring is 1. The minimum absolute atomic E-state index is 0.168. The second kappa shape index (κ2) is 5.95. The van der Waals surface area contributed by atoms with E-state index in [9.17, 15) is 4.79 Å². The average Bonchev–Trinajstić information content (AvgIpc) is 2.39. The lowest BCUT2D eigenvalue weighted by atomic mass is 9.83. The molecule has 0 aliphatic heterocycles. The second-order valence-corrected chi connectivity index (χ2v) is 5.31. The summed E-state index contributed by atoms with van der Waals surface area (Å²) in [5, 5.41) is 12.5. The number of aromatic carboxylic acids is 1. The molecule has 4 heteroatoms. The highest BCUT2D eigenvalue weighted by Gasteiger charge is 2.23. The van der Waals surface area contributed by atoms with Gasteiger partial charge in [-0.05, 0) is 37.0 Å². The quantitative estimate of drug-likeness (QED) is 0.727. The van der Waals surface area contributed by atoms with Crippen LogP contribution in [0.2, 0.25) is 0 Å². The summed E-state index contributed by atoms with van der Waals surface area (Å²) in [5.74, 6) is -0.276. The average molecular weight is 262 g/mol. The molecule has 19 heavy (non-hydrogen) atoms. The van der Waals surface area contributed by atoms with Crippen molar-refractivity contribution in [2.75, 3.05) is 11.1 Å². The fraction of sp³-hybridized carbons (Fsp3) is 0.533. The predicted molar refractivity (Wildman–Crippen MR) is 77.5 cm³/mol. The van der Waals surface area contributed by atoms with E-state index >= 15 is 0 Å². The predicted octanol–water partition coefficient (Wildman–Crippen LogP) is 3.35. The van der Waals surface area contributed by atoms with Crippen LogP contribution in [0.15, 0.2) is 18.2 Å². The number of nitrogens with two attached hydrogens (primary N) is 1. The first-order valence-electron chi connectivity index (χ1n) is 7.01. The van der Waals surface area contributed by atoms with E-state index in [1.165, 1.54) is 32.1 Å². The van der Waals surface area contributed by atoms with E-state index in [2.05, 4.69) is 12.2 Å². The van der Waals surface area contributed by atoms with E-state index in [-0.39, 0.29) is 5.56 Å². The Bertz CT molecular complexity index is 459. The van der Waals surface area contributed by atoms with E-state index < -0.39 is 5.97 Å². The zero-order chi connectivity index (χ0) is 13.8. The number of hydrogen-bond acceptors (Lipinski definition) is 3. The maximum absolute atomic E-state index is 10.9. The van der Waals surface area contributed by atoms with Gasteiger partial charge in [0.15, 0.2) is 0 Å². The maximum atomic E-state index is 10.9. The maximum Gasteiger partial charge on any atom is 0.337 e. The van der Waals surface area contributed by atoms with Crippen LogP contribution >= 0.6 is 0 Å². The fourth-order valence-corrected chi connectivity index (χ4v) is 2.95. The fourth-order valence-electron chi connectivity index (χ4n) is 2.95. The summed E-state index contributed by atoms with van der Waals surface area (Å²) in [6, 6.07) is 5.59. The normalized spacial score (nSPS) is 23.0. The van der Waals surface area contributed by atoms with Crippen LogP contribution in [0, 0.1) is 5.92 Å². The molecule has 0 radical (unpaired) electrons. The third-order valence-corrected chi connectivity index (χ3v) is 4.07. The van der Waals surface area contributed by atoms with Gasteiger partial charge in [-0.3, -0.25) is 0 Å². The molecule has 1 aromatic rings. The Morgan fingerprint density at radius 1 is 1.42 bits per heavy atom. The van der Waals surface area contributed by atoms with Crippen molar-refractivity contribution in [2.24, 2.45) is 5.92 Å². The van der Waals surface area contributed by atoms with Crippen LogP contribution in [0.4, 0.5) is 11.4 Å². The lowest BCUT2D eigenvalue weighted by Gasteiger charge is -2.32. The van der Waals surface area contributed by atoms with Crippen LogP contribution in [0.1, 0.15) is 49.4 Å². The molecule has 4 N–H and O–H groups in total. The molecule has 2 rings (SSSR count). The number of anilines is 2. The summed E-state index contributed by atoms with van der Waals surface area (Å²) < 4.78 is 0. The van der Waals surface area contributed by atoms with Crippen LogP contribution in [0.3, 0.4) is 0 Å². The molecule has 0 saturated heterocycles. The Morgan fingerprint density at radius 2 is 2.16 bits per heavy atom. The number of benzene rings is 1. The molecule has 1 fully saturated rings. The van der Waals surface area contributed by atoms with Crippen molar-refractivity contribution in [2.45, 2.75) is 45.1 Å². The van der Waals surface area contributed by atoms with Crippen molar-refractivity contribution in [3.05, 3.63) is 23.8 Å². The van der Waals surface area contributed by atoms with Crippen molar-refractivity contribution in [1.29, 1.82) is 0 Å². The molecule has 1 aliphatic carbocycles. The summed E-state index contributed by atoms with van der Waals surface area (Å²) in [6.45, 7) is 2.23. The molecular formula is C15H22N2O2. The molecular weight excluding hydrogens is 240 g/mol. The van der Waals surface area contributed by atoms with Crippen molar-refractivity contribution in [3.63, 3.8) is 0 Å². The number of carboxylic acids is 1. The van der Waals surface area contributed by atoms with Gasteiger partial charge in [0.2, 0.25) is 0 Å². The van der Waals surface area contributed by atoms with Crippen LogP contribution in [0.25, 0.3) is 0 Å². The third-order valence-electron chi connectivity index (χ3n) is 4.07. The van der Waals surface area contributed by atoms with Gasteiger partial charge in [0, 0.05) is 17.4 Å². The van der Waals surface area contributed by atoms with Crippen molar-refractivity contribution in [3.8, 4) is 0 Å². The number of hydrogen-bond donors (Lipinski definition) is 3. The largest absolute Gasteiger partial charge is 0.478 e. The van der Waals surface area contributed by atoms with Crippen molar-refractivity contribution >= 4 is 17.3 Å². The van der Waals surface area contributed by atoms with Gasteiger partial charge in [-0.1, -0.05) is 26.2 Å². The molecule has 4 nitrogen and oxygen atoms in total. The summed E-state index contributed by atoms with van der Waals surface area (Å²) in [4.78, 5) is 10.9. The van der Waals surface area contributed by atoms with Crippen molar-refractivity contribution in [1.82, 2.24) is 0 Å². The summed E-state index contributed by atoms with van der Waals surface area (Å²) in [5.41, 5.74) is 7.19. The summed E-state index contributed by atoms with van der Waals surface area (Å²) >= 11 is 0. The van der Waals surface area contributed by atoms with E-state index in [0.717, 1.165) is 5.69 Å². The highest BCUT2D eigenvalue weighted by molar-refractivity contribution is 5.94. The molecule has 0 aromatic heterocycles. The highest BCUT2D eigenvalue weighted by Crippen LogP contribution is 2.30. The molecule has 0 spiro atoms. The molecule has 0 bridgehead atoms. The monoisotopic (exact) mass is 262 g/mol. The van der Waals surface area contributed by atoms with E-state index in [0.29, 0.717) is 17.6 Å². The topological polar surface area (TPSA) is 75.3 Å². The molecule has 0 amide bonds. The molecule has 2 atom stereocenters. The highest BCUT2D eigenvalue weighted by atomic mass is 16.4. The van der Waals surface area contributed by atoms with Gasteiger partial charge in [-0.15, -0.1) is 0 Å².